The molecule has 1 saturated heterocycles. The number of rotatable bonds is 1. The molecule has 0 bridgehead atoms. The predicted molar refractivity (Wildman–Crippen MR) is 60.5 cm³/mol. The molecule has 0 aromatic heterocycles. The number of halogens is 1. The zero-order chi connectivity index (χ0) is 11.2. The normalized spacial score (nSPS) is 16.6. The SMILES string of the molecule is Fc1ccccc1C#CCN1CCOCC1. The summed E-state index contributed by atoms with van der Waals surface area (Å²) in [6, 6.07) is 6.59. The molecule has 84 valence electrons. The number of hydrogen-bond donors (Lipinski definition) is 0. The van der Waals surface area contributed by atoms with Gasteiger partial charge in [-0.3, -0.25) is 4.90 Å². The summed E-state index contributed by atoms with van der Waals surface area (Å²) in [4.78, 5) is 2.21. The van der Waals surface area contributed by atoms with E-state index >= 15 is 0 Å². The van der Waals surface area contributed by atoms with Gasteiger partial charge in [-0.05, 0) is 12.1 Å². The van der Waals surface area contributed by atoms with Crippen LogP contribution in [-0.2, 0) is 4.74 Å². The van der Waals surface area contributed by atoms with Crippen LogP contribution in [0.15, 0.2) is 24.3 Å². The van der Waals surface area contributed by atoms with Crippen LogP contribution in [-0.4, -0.2) is 37.7 Å². The average Bonchev–Trinajstić information content (AvgIpc) is 2.33. The fourth-order valence-corrected chi connectivity index (χ4v) is 1.57. The lowest BCUT2D eigenvalue weighted by Crippen LogP contribution is -2.36. The van der Waals surface area contributed by atoms with Crippen molar-refractivity contribution in [1.82, 2.24) is 4.90 Å². The topological polar surface area (TPSA) is 12.5 Å². The van der Waals surface area contributed by atoms with E-state index in [0.717, 1.165) is 26.3 Å². The first kappa shape index (κ1) is 11.1. The zero-order valence-corrected chi connectivity index (χ0v) is 9.08. The van der Waals surface area contributed by atoms with E-state index in [2.05, 4.69) is 16.7 Å². The number of nitrogens with zero attached hydrogens (tertiary/aromatic N) is 1. The molecular weight excluding hydrogens is 205 g/mol. The van der Waals surface area contributed by atoms with Gasteiger partial charge in [0.25, 0.3) is 0 Å². The van der Waals surface area contributed by atoms with E-state index in [0.29, 0.717) is 12.1 Å². The summed E-state index contributed by atoms with van der Waals surface area (Å²) in [5.41, 5.74) is 0.468. The Labute approximate surface area is 95.0 Å². The number of benzene rings is 1. The van der Waals surface area contributed by atoms with Gasteiger partial charge in [-0.1, -0.05) is 24.0 Å². The molecule has 0 aliphatic carbocycles. The molecule has 2 nitrogen and oxygen atoms in total. The Hall–Kier alpha value is -1.37. The molecule has 0 N–H and O–H groups in total. The van der Waals surface area contributed by atoms with E-state index in [1.54, 1.807) is 18.2 Å². The number of ether oxygens (including phenoxy) is 1. The average molecular weight is 219 g/mol. The Kier molecular flexibility index (Phi) is 3.92. The molecule has 0 atom stereocenters. The Morgan fingerprint density at radius 1 is 1.25 bits per heavy atom. The monoisotopic (exact) mass is 219 g/mol. The van der Waals surface area contributed by atoms with Crippen molar-refractivity contribution in [3.8, 4) is 11.8 Å². The zero-order valence-electron chi connectivity index (χ0n) is 9.08. The summed E-state index contributed by atoms with van der Waals surface area (Å²) >= 11 is 0. The van der Waals surface area contributed by atoms with Crippen molar-refractivity contribution < 1.29 is 9.13 Å². The molecule has 0 amide bonds. The van der Waals surface area contributed by atoms with Crippen molar-refractivity contribution in [3.63, 3.8) is 0 Å². The molecule has 3 heteroatoms. The molecule has 1 heterocycles. The van der Waals surface area contributed by atoms with Crippen molar-refractivity contribution >= 4 is 0 Å². The Bertz CT molecular complexity index is 402. The van der Waals surface area contributed by atoms with Gasteiger partial charge in [0.2, 0.25) is 0 Å². The highest BCUT2D eigenvalue weighted by Gasteiger charge is 2.07. The summed E-state index contributed by atoms with van der Waals surface area (Å²) in [5, 5.41) is 0. The standard InChI is InChI=1S/C13H14FNO/c14-13-6-2-1-4-12(13)5-3-7-15-8-10-16-11-9-15/h1-2,4,6H,7-11H2. The van der Waals surface area contributed by atoms with Gasteiger partial charge in [-0.25, -0.2) is 4.39 Å². The minimum atomic E-state index is -0.253. The van der Waals surface area contributed by atoms with Gasteiger partial charge in [0.15, 0.2) is 0 Å². The van der Waals surface area contributed by atoms with Crippen LogP contribution in [0.2, 0.25) is 0 Å². The first-order valence-corrected chi connectivity index (χ1v) is 5.40. The summed E-state index contributed by atoms with van der Waals surface area (Å²) in [5.74, 6) is 5.59. The summed E-state index contributed by atoms with van der Waals surface area (Å²) < 4.78 is 18.5. The van der Waals surface area contributed by atoms with Crippen LogP contribution in [0.25, 0.3) is 0 Å². The largest absolute Gasteiger partial charge is 0.379 e. The molecule has 2 rings (SSSR count). The number of morpholine rings is 1. The van der Waals surface area contributed by atoms with Gasteiger partial charge in [0.05, 0.1) is 25.3 Å². The van der Waals surface area contributed by atoms with Gasteiger partial charge in [-0.2, -0.15) is 0 Å². The fraction of sp³-hybridized carbons (Fsp3) is 0.385. The highest BCUT2D eigenvalue weighted by molar-refractivity contribution is 5.35. The molecule has 1 aromatic carbocycles. The van der Waals surface area contributed by atoms with E-state index in [-0.39, 0.29) is 5.82 Å². The van der Waals surface area contributed by atoms with Crippen molar-refractivity contribution in [2.24, 2.45) is 0 Å². The first-order chi connectivity index (χ1) is 7.86. The van der Waals surface area contributed by atoms with Gasteiger partial charge in [0.1, 0.15) is 5.82 Å². The predicted octanol–water partition coefficient (Wildman–Crippen LogP) is 1.51. The lowest BCUT2D eigenvalue weighted by Gasteiger charge is -2.24. The van der Waals surface area contributed by atoms with Crippen LogP contribution in [0.5, 0.6) is 0 Å². The maximum absolute atomic E-state index is 13.2. The molecule has 1 aliphatic heterocycles. The summed E-state index contributed by atoms with van der Waals surface area (Å²) in [6.45, 7) is 4.03. The van der Waals surface area contributed by atoms with Crippen molar-refractivity contribution in [2.45, 2.75) is 0 Å². The molecular formula is C13H14FNO. The Morgan fingerprint density at radius 2 is 2.00 bits per heavy atom. The molecule has 1 fully saturated rings. The molecule has 0 spiro atoms. The van der Waals surface area contributed by atoms with Crippen LogP contribution in [0.1, 0.15) is 5.56 Å². The fourth-order valence-electron chi connectivity index (χ4n) is 1.57. The molecule has 0 saturated carbocycles. The first-order valence-electron chi connectivity index (χ1n) is 5.40. The minimum absolute atomic E-state index is 0.253. The quantitative estimate of drug-likeness (QED) is 0.664. The molecule has 1 aromatic rings. The van der Waals surface area contributed by atoms with Crippen molar-refractivity contribution in [1.29, 1.82) is 0 Å². The molecule has 0 radical (unpaired) electrons. The third-order valence-electron chi connectivity index (χ3n) is 2.50. The van der Waals surface area contributed by atoms with Crippen molar-refractivity contribution in [2.75, 3.05) is 32.8 Å². The molecule has 0 unspecified atom stereocenters. The van der Waals surface area contributed by atoms with Crippen LogP contribution in [0, 0.1) is 17.7 Å². The van der Waals surface area contributed by atoms with Crippen molar-refractivity contribution in [3.05, 3.63) is 35.6 Å². The number of hydrogen-bond acceptors (Lipinski definition) is 2. The van der Waals surface area contributed by atoms with Gasteiger partial charge >= 0.3 is 0 Å². The minimum Gasteiger partial charge on any atom is -0.379 e. The maximum atomic E-state index is 13.2. The van der Waals surface area contributed by atoms with E-state index < -0.39 is 0 Å². The Balaban J connectivity index is 1.92. The second-order valence-corrected chi connectivity index (χ2v) is 3.67. The van der Waals surface area contributed by atoms with E-state index in [1.807, 2.05) is 0 Å². The van der Waals surface area contributed by atoms with E-state index in [1.165, 1.54) is 6.07 Å². The van der Waals surface area contributed by atoms with Crippen LogP contribution >= 0.6 is 0 Å². The van der Waals surface area contributed by atoms with Crippen LogP contribution < -0.4 is 0 Å². The van der Waals surface area contributed by atoms with Gasteiger partial charge < -0.3 is 4.74 Å². The summed E-state index contributed by atoms with van der Waals surface area (Å²) in [6.07, 6.45) is 0. The lowest BCUT2D eigenvalue weighted by atomic mass is 10.2. The lowest BCUT2D eigenvalue weighted by molar-refractivity contribution is 0.0443. The summed E-state index contributed by atoms with van der Waals surface area (Å²) in [7, 11) is 0. The third kappa shape index (κ3) is 3.06. The highest BCUT2D eigenvalue weighted by atomic mass is 19.1. The van der Waals surface area contributed by atoms with Crippen LogP contribution in [0.4, 0.5) is 4.39 Å². The maximum Gasteiger partial charge on any atom is 0.138 e. The highest BCUT2D eigenvalue weighted by Crippen LogP contribution is 2.03. The van der Waals surface area contributed by atoms with Gasteiger partial charge in [-0.15, -0.1) is 0 Å². The second-order valence-electron chi connectivity index (χ2n) is 3.67. The molecule has 1 aliphatic rings. The second kappa shape index (κ2) is 5.64. The third-order valence-corrected chi connectivity index (χ3v) is 2.50. The smallest absolute Gasteiger partial charge is 0.138 e. The Morgan fingerprint density at radius 3 is 2.75 bits per heavy atom. The molecule has 16 heavy (non-hydrogen) atoms. The van der Waals surface area contributed by atoms with Gasteiger partial charge in [0, 0.05) is 13.1 Å². The van der Waals surface area contributed by atoms with Crippen LogP contribution in [0.3, 0.4) is 0 Å². The van der Waals surface area contributed by atoms with E-state index in [9.17, 15) is 4.39 Å². The van der Waals surface area contributed by atoms with E-state index in [4.69, 9.17) is 4.74 Å².